The highest BCUT2D eigenvalue weighted by Crippen LogP contribution is 2.27. The summed E-state index contributed by atoms with van der Waals surface area (Å²) in [7, 11) is 3.93. The number of thiophene rings is 1. The Balaban J connectivity index is 2.15. The molecule has 100 valence electrons. The summed E-state index contributed by atoms with van der Waals surface area (Å²) in [6.45, 7) is 1.15. The second-order valence-electron chi connectivity index (χ2n) is 4.86. The Labute approximate surface area is 116 Å². The van der Waals surface area contributed by atoms with Gasteiger partial charge in [-0.3, -0.25) is 4.79 Å². The minimum Gasteiger partial charge on any atom is -0.391 e. The van der Waals surface area contributed by atoms with Gasteiger partial charge in [0.15, 0.2) is 0 Å². The lowest BCUT2D eigenvalue weighted by atomic mass is 10.2. The Bertz CT molecular complexity index is 435. The van der Waals surface area contributed by atoms with Gasteiger partial charge in [0.05, 0.1) is 11.1 Å². The van der Waals surface area contributed by atoms with Crippen LogP contribution >= 0.6 is 22.9 Å². The maximum absolute atomic E-state index is 12.4. The molecule has 2 rings (SSSR count). The molecule has 6 heteroatoms. The molecule has 0 aliphatic carbocycles. The maximum Gasteiger partial charge on any atom is 0.265 e. The summed E-state index contributed by atoms with van der Waals surface area (Å²) >= 11 is 7.34. The molecule has 0 bridgehead atoms. The molecule has 1 aliphatic heterocycles. The molecule has 0 aromatic carbocycles. The van der Waals surface area contributed by atoms with Crippen LogP contribution < -0.4 is 0 Å². The Hall–Kier alpha value is -0.620. The molecule has 1 amide bonds. The molecular formula is C12H17ClN2O2S. The predicted octanol–water partition coefficient (Wildman–Crippen LogP) is 1.54. The Morgan fingerprint density at radius 1 is 1.67 bits per heavy atom. The Morgan fingerprint density at radius 2 is 2.39 bits per heavy atom. The number of halogens is 1. The van der Waals surface area contributed by atoms with E-state index in [0.717, 1.165) is 6.54 Å². The number of aliphatic hydroxyl groups is 1. The van der Waals surface area contributed by atoms with Crippen molar-refractivity contribution >= 4 is 28.8 Å². The van der Waals surface area contributed by atoms with Crippen LogP contribution in [0.5, 0.6) is 0 Å². The van der Waals surface area contributed by atoms with Crippen LogP contribution in [0.1, 0.15) is 16.1 Å². The third kappa shape index (κ3) is 2.85. The van der Waals surface area contributed by atoms with Gasteiger partial charge in [0.1, 0.15) is 4.88 Å². The zero-order valence-corrected chi connectivity index (χ0v) is 12.0. The average Bonchev–Trinajstić information content (AvgIpc) is 2.83. The zero-order valence-electron chi connectivity index (χ0n) is 10.5. The van der Waals surface area contributed by atoms with Crippen LogP contribution in [-0.4, -0.2) is 60.1 Å². The molecular weight excluding hydrogens is 272 g/mol. The summed E-state index contributed by atoms with van der Waals surface area (Å²) in [6, 6.07) is 1.79. The Kier molecular flexibility index (Phi) is 4.27. The number of carbonyl (C=O) groups is 1. The van der Waals surface area contributed by atoms with Gasteiger partial charge in [-0.25, -0.2) is 0 Å². The summed E-state index contributed by atoms with van der Waals surface area (Å²) < 4.78 is 0. The summed E-state index contributed by atoms with van der Waals surface area (Å²) in [6.07, 6.45) is 0.199. The highest BCUT2D eigenvalue weighted by Gasteiger charge is 2.35. The fraction of sp³-hybridized carbons (Fsp3) is 0.583. The quantitative estimate of drug-likeness (QED) is 0.917. The van der Waals surface area contributed by atoms with E-state index in [-0.39, 0.29) is 11.9 Å². The fourth-order valence-electron chi connectivity index (χ4n) is 2.31. The van der Waals surface area contributed by atoms with Gasteiger partial charge in [0.25, 0.3) is 5.91 Å². The van der Waals surface area contributed by atoms with Crippen molar-refractivity contribution in [3.8, 4) is 0 Å². The number of likely N-dealkylation sites (N-methyl/N-ethyl adjacent to an activating group) is 1. The molecule has 1 fully saturated rings. The number of amides is 1. The topological polar surface area (TPSA) is 43.8 Å². The van der Waals surface area contributed by atoms with Gasteiger partial charge < -0.3 is 14.9 Å². The smallest absolute Gasteiger partial charge is 0.265 e. The highest BCUT2D eigenvalue weighted by molar-refractivity contribution is 7.12. The van der Waals surface area contributed by atoms with Crippen LogP contribution in [0.3, 0.4) is 0 Å². The lowest BCUT2D eigenvalue weighted by Crippen LogP contribution is -2.41. The number of hydrogen-bond acceptors (Lipinski definition) is 4. The van der Waals surface area contributed by atoms with Crippen LogP contribution in [0.2, 0.25) is 5.02 Å². The molecule has 1 saturated heterocycles. The van der Waals surface area contributed by atoms with Crippen molar-refractivity contribution in [2.45, 2.75) is 18.6 Å². The van der Waals surface area contributed by atoms with E-state index in [1.54, 1.807) is 11.0 Å². The van der Waals surface area contributed by atoms with E-state index < -0.39 is 6.10 Å². The molecule has 1 N–H and O–H groups in total. The van der Waals surface area contributed by atoms with Gasteiger partial charge in [0.2, 0.25) is 0 Å². The zero-order chi connectivity index (χ0) is 13.3. The van der Waals surface area contributed by atoms with Gasteiger partial charge in [-0.1, -0.05) is 11.6 Å². The molecule has 2 atom stereocenters. The van der Waals surface area contributed by atoms with E-state index in [1.807, 2.05) is 24.4 Å². The molecule has 4 nitrogen and oxygen atoms in total. The number of likely N-dealkylation sites (tertiary alicyclic amines) is 1. The maximum atomic E-state index is 12.4. The van der Waals surface area contributed by atoms with Crippen LogP contribution in [0, 0.1) is 0 Å². The molecule has 2 heterocycles. The molecule has 0 radical (unpaired) electrons. The van der Waals surface area contributed by atoms with Crippen molar-refractivity contribution in [1.82, 2.24) is 9.80 Å². The first-order valence-corrected chi connectivity index (χ1v) is 7.11. The minimum absolute atomic E-state index is 0.0562. The lowest BCUT2D eigenvalue weighted by Gasteiger charge is -2.26. The third-order valence-corrected chi connectivity index (χ3v) is 4.37. The number of hydrogen-bond donors (Lipinski definition) is 1. The number of nitrogens with zero attached hydrogens (tertiary/aromatic N) is 2. The van der Waals surface area contributed by atoms with Gasteiger partial charge >= 0.3 is 0 Å². The second-order valence-corrected chi connectivity index (χ2v) is 6.18. The van der Waals surface area contributed by atoms with Crippen molar-refractivity contribution in [3.05, 3.63) is 21.3 Å². The van der Waals surface area contributed by atoms with Crippen molar-refractivity contribution < 1.29 is 9.90 Å². The monoisotopic (exact) mass is 288 g/mol. The first-order chi connectivity index (χ1) is 8.49. The Morgan fingerprint density at radius 3 is 2.94 bits per heavy atom. The fourth-order valence-corrected chi connectivity index (χ4v) is 3.40. The van der Waals surface area contributed by atoms with Gasteiger partial charge in [-0.2, -0.15) is 0 Å². The first-order valence-electron chi connectivity index (χ1n) is 5.85. The van der Waals surface area contributed by atoms with Crippen molar-refractivity contribution in [1.29, 1.82) is 0 Å². The average molecular weight is 289 g/mol. The van der Waals surface area contributed by atoms with Crippen molar-refractivity contribution in [3.63, 3.8) is 0 Å². The van der Waals surface area contributed by atoms with Gasteiger partial charge in [-0.05, 0) is 32.0 Å². The predicted molar refractivity (Wildman–Crippen MR) is 73.3 cm³/mol. The van der Waals surface area contributed by atoms with Crippen LogP contribution in [0.4, 0.5) is 0 Å². The molecule has 1 aromatic rings. The molecule has 1 aliphatic rings. The van der Waals surface area contributed by atoms with E-state index in [1.165, 1.54) is 11.3 Å². The van der Waals surface area contributed by atoms with Crippen LogP contribution in [0.15, 0.2) is 11.4 Å². The lowest BCUT2D eigenvalue weighted by molar-refractivity contribution is 0.0704. The van der Waals surface area contributed by atoms with E-state index in [9.17, 15) is 9.90 Å². The third-order valence-electron chi connectivity index (χ3n) is 3.04. The van der Waals surface area contributed by atoms with E-state index in [2.05, 4.69) is 0 Å². The summed E-state index contributed by atoms with van der Waals surface area (Å²) in [4.78, 5) is 16.7. The molecule has 1 aromatic heterocycles. The van der Waals surface area contributed by atoms with Crippen LogP contribution in [0.25, 0.3) is 0 Å². The normalized spacial score (nSPS) is 23.9. The minimum atomic E-state index is -0.433. The van der Waals surface area contributed by atoms with Crippen LogP contribution in [-0.2, 0) is 0 Å². The summed E-state index contributed by atoms with van der Waals surface area (Å²) in [5.74, 6) is -0.0709. The standard InChI is InChI=1S/C12H17ClN2O2S/c1-14(2)6-8-5-9(16)7-15(8)12(17)11-10(13)3-4-18-11/h3-4,8-9,16H,5-7H2,1-2H3. The van der Waals surface area contributed by atoms with E-state index in [0.29, 0.717) is 22.9 Å². The molecule has 18 heavy (non-hydrogen) atoms. The van der Waals surface area contributed by atoms with E-state index in [4.69, 9.17) is 11.6 Å². The first kappa shape index (κ1) is 13.8. The molecule has 0 spiro atoms. The SMILES string of the molecule is CN(C)CC1CC(O)CN1C(=O)c1sccc1Cl. The summed E-state index contributed by atoms with van der Waals surface area (Å²) in [5, 5.41) is 12.1. The molecule has 0 saturated carbocycles. The van der Waals surface area contributed by atoms with Gasteiger partial charge in [-0.15, -0.1) is 11.3 Å². The number of aliphatic hydroxyl groups excluding tert-OH is 1. The molecule has 2 unspecified atom stereocenters. The highest BCUT2D eigenvalue weighted by atomic mass is 35.5. The van der Waals surface area contributed by atoms with Crippen molar-refractivity contribution in [2.24, 2.45) is 0 Å². The number of rotatable bonds is 3. The largest absolute Gasteiger partial charge is 0.391 e. The van der Waals surface area contributed by atoms with Gasteiger partial charge in [0, 0.05) is 19.1 Å². The van der Waals surface area contributed by atoms with E-state index >= 15 is 0 Å². The number of β-amino-alcohol motifs (C(OH)–C–C–N with tert-alkyl or cyclic N) is 1. The second kappa shape index (κ2) is 5.57. The number of carbonyl (C=O) groups excluding carboxylic acids is 1. The van der Waals surface area contributed by atoms with Crippen molar-refractivity contribution in [2.75, 3.05) is 27.2 Å². The summed E-state index contributed by atoms with van der Waals surface area (Å²) in [5.41, 5.74) is 0.